The lowest BCUT2D eigenvalue weighted by molar-refractivity contribution is 0.0600. The highest BCUT2D eigenvalue weighted by Gasteiger charge is 2.29. The summed E-state index contributed by atoms with van der Waals surface area (Å²) < 4.78 is 10.8. The first-order valence-electron chi connectivity index (χ1n) is 10.2. The lowest BCUT2D eigenvalue weighted by atomic mass is 10.0. The number of methoxy groups -OCH3 is 1. The molecular weight excluding hydrogens is 412 g/mol. The van der Waals surface area contributed by atoms with Crippen molar-refractivity contribution in [1.82, 2.24) is 4.90 Å². The fraction of sp³-hybridized carbons (Fsp3) is 0.250. The van der Waals surface area contributed by atoms with Crippen LogP contribution in [-0.2, 0) is 17.7 Å². The maximum atomic E-state index is 12.9. The predicted molar refractivity (Wildman–Crippen MR) is 121 cm³/mol. The molecule has 6 nitrogen and oxygen atoms in total. The number of likely N-dealkylation sites (N-methyl/N-ethyl adjacent to an activating group) is 1. The second-order valence-corrected chi connectivity index (χ2v) is 8.32. The molecule has 1 aliphatic heterocycles. The van der Waals surface area contributed by atoms with Gasteiger partial charge in [-0.15, -0.1) is 11.3 Å². The minimum Gasteiger partial charge on any atom is -0.465 e. The molecule has 4 rings (SSSR count). The predicted octanol–water partition coefficient (Wildman–Crippen LogP) is 4.96. The Bertz CT molecular complexity index is 1080. The summed E-state index contributed by atoms with van der Waals surface area (Å²) in [4.78, 5) is 28.8. The third-order valence-electron chi connectivity index (χ3n) is 5.30. The Hall–Kier alpha value is -3.16. The Balaban J connectivity index is 1.53. The zero-order valence-corrected chi connectivity index (χ0v) is 18.3. The molecule has 1 N–H and O–H groups in total. The third-order valence-corrected chi connectivity index (χ3v) is 6.43. The highest BCUT2D eigenvalue weighted by molar-refractivity contribution is 7.17. The molecule has 0 aliphatic carbocycles. The van der Waals surface area contributed by atoms with E-state index in [2.05, 4.69) is 17.1 Å². The summed E-state index contributed by atoms with van der Waals surface area (Å²) in [6.45, 7) is 4.74. The van der Waals surface area contributed by atoms with Gasteiger partial charge in [0.15, 0.2) is 0 Å². The second-order valence-electron chi connectivity index (χ2n) is 7.21. The normalized spacial score (nSPS) is 13.4. The van der Waals surface area contributed by atoms with Gasteiger partial charge >= 0.3 is 5.97 Å². The molecule has 0 spiro atoms. The zero-order valence-electron chi connectivity index (χ0n) is 17.5. The van der Waals surface area contributed by atoms with Crippen molar-refractivity contribution in [2.24, 2.45) is 0 Å². The molecule has 0 saturated carbocycles. The number of benzene rings is 2. The molecule has 3 aromatic rings. The van der Waals surface area contributed by atoms with Crippen LogP contribution in [0.5, 0.6) is 11.5 Å². The van der Waals surface area contributed by atoms with E-state index in [0.717, 1.165) is 42.2 Å². The van der Waals surface area contributed by atoms with Crippen molar-refractivity contribution in [1.29, 1.82) is 0 Å². The van der Waals surface area contributed by atoms with E-state index in [1.807, 2.05) is 30.3 Å². The second kappa shape index (κ2) is 9.32. The molecule has 2 aromatic carbocycles. The van der Waals surface area contributed by atoms with Gasteiger partial charge in [-0.25, -0.2) is 4.79 Å². The quantitative estimate of drug-likeness (QED) is 0.554. The maximum absolute atomic E-state index is 12.9. The van der Waals surface area contributed by atoms with E-state index in [1.165, 1.54) is 18.4 Å². The van der Waals surface area contributed by atoms with Gasteiger partial charge in [0.2, 0.25) is 0 Å². The molecule has 0 fully saturated rings. The molecular formula is C24H24N2O4S. The smallest absolute Gasteiger partial charge is 0.341 e. The lowest BCUT2D eigenvalue weighted by Crippen LogP contribution is -2.29. The minimum absolute atomic E-state index is 0.276. The standard InChI is InChI=1S/C24H24N2O4S/c1-3-26-14-13-19-20(15-26)31-23(21(19)24(28)29-2)25-22(27)16-9-11-18(12-10-16)30-17-7-5-4-6-8-17/h4-12H,3,13-15H2,1-2H3,(H,25,27). The van der Waals surface area contributed by atoms with Crippen molar-refractivity contribution < 1.29 is 19.1 Å². The number of thiophene rings is 1. The molecule has 7 heteroatoms. The van der Waals surface area contributed by atoms with Crippen LogP contribution in [0.4, 0.5) is 5.00 Å². The average molecular weight is 437 g/mol. The van der Waals surface area contributed by atoms with E-state index in [0.29, 0.717) is 21.9 Å². The Morgan fingerprint density at radius 3 is 2.45 bits per heavy atom. The molecule has 1 amide bonds. The van der Waals surface area contributed by atoms with E-state index in [1.54, 1.807) is 24.3 Å². The molecule has 0 atom stereocenters. The van der Waals surface area contributed by atoms with Gasteiger partial charge in [-0.2, -0.15) is 0 Å². The SMILES string of the molecule is CCN1CCc2c(sc(NC(=O)c3ccc(Oc4ccccc4)cc3)c2C(=O)OC)C1. The van der Waals surface area contributed by atoms with E-state index in [-0.39, 0.29) is 5.91 Å². The lowest BCUT2D eigenvalue weighted by Gasteiger charge is -2.25. The van der Waals surface area contributed by atoms with Crippen molar-refractivity contribution in [2.75, 3.05) is 25.5 Å². The topological polar surface area (TPSA) is 67.9 Å². The molecule has 0 unspecified atom stereocenters. The first-order chi connectivity index (χ1) is 15.1. The molecule has 1 aliphatic rings. The van der Waals surface area contributed by atoms with Gasteiger partial charge in [0.05, 0.1) is 12.7 Å². The number of hydrogen-bond acceptors (Lipinski definition) is 6. The fourth-order valence-corrected chi connectivity index (χ4v) is 4.88. The number of esters is 1. The number of carbonyl (C=O) groups is 2. The number of para-hydroxylation sites is 1. The summed E-state index contributed by atoms with van der Waals surface area (Å²) in [5.74, 6) is 0.684. The van der Waals surface area contributed by atoms with E-state index in [4.69, 9.17) is 9.47 Å². The summed E-state index contributed by atoms with van der Waals surface area (Å²) in [5.41, 5.74) is 1.96. The van der Waals surface area contributed by atoms with E-state index < -0.39 is 5.97 Å². The van der Waals surface area contributed by atoms with Crippen molar-refractivity contribution in [2.45, 2.75) is 19.9 Å². The van der Waals surface area contributed by atoms with Crippen LogP contribution in [0.25, 0.3) is 0 Å². The number of fused-ring (bicyclic) bond motifs is 1. The fourth-order valence-electron chi connectivity index (χ4n) is 3.61. The number of amides is 1. The van der Waals surface area contributed by atoms with Gasteiger partial charge in [0.1, 0.15) is 16.5 Å². The Labute approximate surface area is 185 Å². The Kier molecular flexibility index (Phi) is 6.34. The highest BCUT2D eigenvalue weighted by atomic mass is 32.1. The summed E-state index contributed by atoms with van der Waals surface area (Å²) in [6.07, 6.45) is 0.769. The molecule has 0 saturated heterocycles. The van der Waals surface area contributed by atoms with E-state index in [9.17, 15) is 9.59 Å². The van der Waals surface area contributed by atoms with Crippen LogP contribution in [0.1, 0.15) is 38.1 Å². The van der Waals surface area contributed by atoms with Crippen LogP contribution >= 0.6 is 11.3 Å². The number of rotatable bonds is 6. The van der Waals surface area contributed by atoms with Gasteiger partial charge in [0, 0.05) is 23.5 Å². The van der Waals surface area contributed by atoms with Crippen LogP contribution in [0.2, 0.25) is 0 Å². The van der Waals surface area contributed by atoms with Crippen molar-refractivity contribution in [3.8, 4) is 11.5 Å². The maximum Gasteiger partial charge on any atom is 0.341 e. The summed E-state index contributed by atoms with van der Waals surface area (Å²) in [5, 5.41) is 3.47. The number of ether oxygens (including phenoxy) is 2. The molecule has 160 valence electrons. The summed E-state index contributed by atoms with van der Waals surface area (Å²) >= 11 is 1.45. The van der Waals surface area contributed by atoms with Crippen molar-refractivity contribution in [3.05, 3.63) is 76.2 Å². The van der Waals surface area contributed by atoms with Gasteiger partial charge in [-0.1, -0.05) is 25.1 Å². The highest BCUT2D eigenvalue weighted by Crippen LogP contribution is 2.38. The van der Waals surface area contributed by atoms with Gasteiger partial charge in [0.25, 0.3) is 5.91 Å². The van der Waals surface area contributed by atoms with Gasteiger partial charge in [-0.3, -0.25) is 9.69 Å². The van der Waals surface area contributed by atoms with Crippen LogP contribution in [0, 0.1) is 0 Å². The minimum atomic E-state index is -0.413. The Morgan fingerprint density at radius 2 is 1.77 bits per heavy atom. The molecule has 2 heterocycles. The number of anilines is 1. The van der Waals surface area contributed by atoms with Crippen LogP contribution < -0.4 is 10.1 Å². The first kappa shape index (κ1) is 21.1. The molecule has 0 bridgehead atoms. The number of carbonyl (C=O) groups excluding carboxylic acids is 2. The van der Waals surface area contributed by atoms with Crippen molar-refractivity contribution >= 4 is 28.2 Å². The summed E-state index contributed by atoms with van der Waals surface area (Å²) in [7, 11) is 1.37. The first-order valence-corrected chi connectivity index (χ1v) is 11.0. The van der Waals surface area contributed by atoms with Crippen LogP contribution in [-0.4, -0.2) is 37.0 Å². The zero-order chi connectivity index (χ0) is 21.8. The van der Waals surface area contributed by atoms with E-state index >= 15 is 0 Å². The molecule has 0 radical (unpaired) electrons. The average Bonchev–Trinajstić information content (AvgIpc) is 3.16. The van der Waals surface area contributed by atoms with Crippen LogP contribution in [0.15, 0.2) is 54.6 Å². The number of nitrogens with one attached hydrogen (secondary N) is 1. The largest absolute Gasteiger partial charge is 0.465 e. The van der Waals surface area contributed by atoms with Gasteiger partial charge in [-0.05, 0) is 54.9 Å². The Morgan fingerprint density at radius 1 is 1.06 bits per heavy atom. The molecule has 31 heavy (non-hydrogen) atoms. The van der Waals surface area contributed by atoms with Crippen molar-refractivity contribution in [3.63, 3.8) is 0 Å². The monoisotopic (exact) mass is 436 g/mol. The number of nitrogens with zero attached hydrogens (tertiary/aromatic N) is 1. The van der Waals surface area contributed by atoms with Crippen LogP contribution in [0.3, 0.4) is 0 Å². The number of hydrogen-bond donors (Lipinski definition) is 1. The van der Waals surface area contributed by atoms with Gasteiger partial charge < -0.3 is 14.8 Å². The molecule has 1 aromatic heterocycles. The third kappa shape index (κ3) is 4.62. The summed E-state index contributed by atoms with van der Waals surface area (Å²) in [6, 6.07) is 16.4.